The van der Waals surface area contributed by atoms with Crippen molar-refractivity contribution < 1.29 is 9.59 Å². The number of para-hydroxylation sites is 1. The highest BCUT2D eigenvalue weighted by atomic mass is 16.2. The van der Waals surface area contributed by atoms with Crippen molar-refractivity contribution in [1.82, 2.24) is 19.8 Å². The maximum absolute atomic E-state index is 13.3. The van der Waals surface area contributed by atoms with E-state index in [9.17, 15) is 9.59 Å². The molecule has 1 aromatic heterocycles. The predicted molar refractivity (Wildman–Crippen MR) is 140 cm³/mol. The van der Waals surface area contributed by atoms with E-state index in [1.54, 1.807) is 0 Å². The molecule has 0 N–H and O–H groups in total. The molecule has 3 aliphatic rings. The highest BCUT2D eigenvalue weighted by molar-refractivity contribution is 5.97. The molecule has 3 aromatic rings. The van der Waals surface area contributed by atoms with E-state index in [-0.39, 0.29) is 17.2 Å². The number of rotatable bonds is 3. The van der Waals surface area contributed by atoms with Gasteiger partial charge in [-0.3, -0.25) is 9.59 Å². The molecule has 1 aliphatic carbocycles. The second kappa shape index (κ2) is 8.87. The SMILES string of the molecule is Cc1nc2ccc(C(=O)N3CCC4(CC3)CC4C(=O)N3CCN(c4ccccc4)CC3)cc2nc1C. The van der Waals surface area contributed by atoms with Crippen LogP contribution < -0.4 is 4.90 Å². The number of nitrogens with zero attached hydrogens (tertiary/aromatic N) is 5. The van der Waals surface area contributed by atoms with Crippen LogP contribution in [0, 0.1) is 25.2 Å². The van der Waals surface area contributed by atoms with Gasteiger partial charge in [-0.2, -0.15) is 0 Å². The van der Waals surface area contributed by atoms with E-state index >= 15 is 0 Å². The van der Waals surface area contributed by atoms with Crippen LogP contribution in [-0.2, 0) is 4.79 Å². The molecule has 1 unspecified atom stereocenters. The number of amides is 2. The first-order valence-electron chi connectivity index (χ1n) is 13.1. The molecule has 1 spiro atoms. The van der Waals surface area contributed by atoms with Crippen molar-refractivity contribution in [3.63, 3.8) is 0 Å². The number of carbonyl (C=O) groups is 2. The first kappa shape index (κ1) is 23.0. The Balaban J connectivity index is 1.04. The van der Waals surface area contributed by atoms with E-state index in [4.69, 9.17) is 0 Å². The first-order chi connectivity index (χ1) is 17.4. The van der Waals surface area contributed by atoms with Gasteiger partial charge < -0.3 is 14.7 Å². The number of benzene rings is 2. The molecule has 1 saturated carbocycles. The van der Waals surface area contributed by atoms with Crippen molar-refractivity contribution in [2.24, 2.45) is 11.3 Å². The van der Waals surface area contributed by atoms with E-state index < -0.39 is 0 Å². The van der Waals surface area contributed by atoms with Crippen molar-refractivity contribution in [2.45, 2.75) is 33.1 Å². The van der Waals surface area contributed by atoms with Gasteiger partial charge in [0.05, 0.1) is 22.4 Å². The normalized spacial score (nSPS) is 21.2. The highest BCUT2D eigenvalue weighted by Gasteiger charge is 2.59. The summed E-state index contributed by atoms with van der Waals surface area (Å²) in [6, 6.07) is 16.0. The fraction of sp³-hybridized carbons (Fsp3) is 0.448. The number of fused-ring (bicyclic) bond motifs is 1. The molecule has 2 saturated heterocycles. The third-order valence-corrected chi connectivity index (χ3v) is 8.57. The second-order valence-corrected chi connectivity index (χ2v) is 10.7. The van der Waals surface area contributed by atoms with Crippen molar-refractivity contribution in [3.8, 4) is 0 Å². The van der Waals surface area contributed by atoms with Crippen LogP contribution in [0.2, 0.25) is 0 Å². The highest BCUT2D eigenvalue weighted by Crippen LogP contribution is 2.60. The predicted octanol–water partition coefficient (Wildman–Crippen LogP) is 3.84. The zero-order valence-corrected chi connectivity index (χ0v) is 21.1. The Morgan fingerprint density at radius 1 is 0.806 bits per heavy atom. The Morgan fingerprint density at radius 2 is 1.47 bits per heavy atom. The number of likely N-dealkylation sites (tertiary alicyclic amines) is 1. The van der Waals surface area contributed by atoms with Crippen LogP contribution in [0.3, 0.4) is 0 Å². The Kier molecular flexibility index (Phi) is 5.66. The lowest BCUT2D eigenvalue weighted by molar-refractivity contribution is -0.134. The lowest BCUT2D eigenvalue weighted by Gasteiger charge is -2.37. The minimum atomic E-state index is 0.0485. The summed E-state index contributed by atoms with van der Waals surface area (Å²) in [4.78, 5) is 42.1. The molecule has 6 rings (SSSR count). The lowest BCUT2D eigenvalue weighted by Crippen LogP contribution is -2.50. The van der Waals surface area contributed by atoms with E-state index in [2.05, 4.69) is 44.0 Å². The topological polar surface area (TPSA) is 69.6 Å². The maximum Gasteiger partial charge on any atom is 0.253 e. The summed E-state index contributed by atoms with van der Waals surface area (Å²) in [6.45, 7) is 8.65. The van der Waals surface area contributed by atoms with Crippen LogP contribution in [0.1, 0.15) is 41.0 Å². The summed E-state index contributed by atoms with van der Waals surface area (Å²) in [5.41, 5.74) is 5.36. The minimum absolute atomic E-state index is 0.0485. The fourth-order valence-corrected chi connectivity index (χ4v) is 6.00. The smallest absolute Gasteiger partial charge is 0.253 e. The molecule has 7 nitrogen and oxygen atoms in total. The van der Waals surface area contributed by atoms with Gasteiger partial charge in [0, 0.05) is 56.4 Å². The molecule has 7 heteroatoms. The number of aromatic nitrogens is 2. The van der Waals surface area contributed by atoms with Crippen LogP contribution in [0.5, 0.6) is 0 Å². The van der Waals surface area contributed by atoms with Gasteiger partial charge in [-0.25, -0.2) is 9.97 Å². The van der Waals surface area contributed by atoms with Crippen LogP contribution in [0.4, 0.5) is 5.69 Å². The third kappa shape index (κ3) is 4.10. The summed E-state index contributed by atoms with van der Waals surface area (Å²) in [6.07, 6.45) is 2.78. The molecule has 0 bridgehead atoms. The molecule has 3 heterocycles. The summed E-state index contributed by atoms with van der Waals surface area (Å²) in [5.74, 6) is 0.494. The molecule has 1 atom stereocenters. The summed E-state index contributed by atoms with van der Waals surface area (Å²) >= 11 is 0. The van der Waals surface area contributed by atoms with Gasteiger partial charge in [0.2, 0.25) is 5.91 Å². The van der Waals surface area contributed by atoms with Crippen molar-refractivity contribution >= 4 is 28.5 Å². The monoisotopic (exact) mass is 483 g/mol. The minimum Gasteiger partial charge on any atom is -0.368 e. The standard InChI is InChI=1S/C29H33N5O2/c1-20-21(2)31-26-18-22(8-9-25(26)30-20)27(35)33-12-10-29(11-13-33)19-24(29)28(36)34-16-14-32(15-17-34)23-6-4-3-5-7-23/h3-9,18,24H,10-17,19H2,1-2H3. The Hall–Kier alpha value is -3.48. The number of piperazine rings is 1. The van der Waals surface area contributed by atoms with Gasteiger partial charge in [-0.15, -0.1) is 0 Å². The summed E-state index contributed by atoms with van der Waals surface area (Å²) < 4.78 is 0. The van der Waals surface area contributed by atoms with Gasteiger partial charge in [0.25, 0.3) is 5.91 Å². The van der Waals surface area contributed by atoms with Crippen LogP contribution in [0.15, 0.2) is 48.5 Å². The van der Waals surface area contributed by atoms with Crippen molar-refractivity contribution in [3.05, 3.63) is 65.5 Å². The molecule has 2 amide bonds. The Labute approximate surface area is 212 Å². The number of hydrogen-bond acceptors (Lipinski definition) is 5. The average Bonchev–Trinajstić information content (AvgIpc) is 3.62. The van der Waals surface area contributed by atoms with Gasteiger partial charge in [0.1, 0.15) is 0 Å². The molecule has 2 aliphatic heterocycles. The quantitative estimate of drug-likeness (QED) is 0.566. The first-order valence-corrected chi connectivity index (χ1v) is 13.1. The Bertz CT molecular complexity index is 1310. The van der Waals surface area contributed by atoms with Crippen LogP contribution in [-0.4, -0.2) is 70.9 Å². The molecule has 186 valence electrons. The average molecular weight is 484 g/mol. The fourth-order valence-electron chi connectivity index (χ4n) is 6.00. The molecule has 0 radical (unpaired) electrons. The zero-order chi connectivity index (χ0) is 24.9. The van der Waals surface area contributed by atoms with E-state index in [1.165, 1.54) is 5.69 Å². The summed E-state index contributed by atoms with van der Waals surface area (Å²) in [5, 5.41) is 0. The lowest BCUT2D eigenvalue weighted by atomic mass is 9.90. The van der Waals surface area contributed by atoms with E-state index in [0.717, 1.165) is 67.9 Å². The number of aryl methyl sites for hydroxylation is 2. The third-order valence-electron chi connectivity index (χ3n) is 8.57. The second-order valence-electron chi connectivity index (χ2n) is 10.7. The van der Waals surface area contributed by atoms with Gasteiger partial charge in [0.15, 0.2) is 0 Å². The number of carbonyl (C=O) groups excluding carboxylic acids is 2. The van der Waals surface area contributed by atoms with Gasteiger partial charge >= 0.3 is 0 Å². The molecular weight excluding hydrogens is 450 g/mol. The van der Waals surface area contributed by atoms with Crippen molar-refractivity contribution in [1.29, 1.82) is 0 Å². The number of piperidine rings is 1. The number of hydrogen-bond donors (Lipinski definition) is 0. The number of anilines is 1. The van der Waals surface area contributed by atoms with Crippen LogP contribution in [0.25, 0.3) is 11.0 Å². The van der Waals surface area contributed by atoms with E-state index in [0.29, 0.717) is 24.6 Å². The summed E-state index contributed by atoms with van der Waals surface area (Å²) in [7, 11) is 0. The molecule has 36 heavy (non-hydrogen) atoms. The van der Waals surface area contributed by atoms with Crippen molar-refractivity contribution in [2.75, 3.05) is 44.2 Å². The molecule has 3 fully saturated rings. The zero-order valence-electron chi connectivity index (χ0n) is 21.1. The van der Waals surface area contributed by atoms with Gasteiger partial charge in [-0.05, 0) is 68.9 Å². The van der Waals surface area contributed by atoms with Gasteiger partial charge in [-0.1, -0.05) is 18.2 Å². The maximum atomic E-state index is 13.3. The molecular formula is C29H33N5O2. The van der Waals surface area contributed by atoms with E-state index in [1.807, 2.05) is 43.0 Å². The Morgan fingerprint density at radius 3 is 2.17 bits per heavy atom. The van der Waals surface area contributed by atoms with Crippen LogP contribution >= 0.6 is 0 Å². The molecule has 2 aromatic carbocycles. The largest absolute Gasteiger partial charge is 0.368 e.